The van der Waals surface area contributed by atoms with Gasteiger partial charge in [-0.1, -0.05) is 30.3 Å². The van der Waals surface area contributed by atoms with Gasteiger partial charge in [0.2, 0.25) is 5.91 Å². The zero-order valence-electron chi connectivity index (χ0n) is 16.3. The maximum atomic E-state index is 13.1. The highest BCUT2D eigenvalue weighted by Crippen LogP contribution is 2.56. The topological polar surface area (TPSA) is 58.6 Å². The molecule has 0 bridgehead atoms. The first-order valence-electron chi connectivity index (χ1n) is 9.42. The van der Waals surface area contributed by atoms with Crippen LogP contribution in [-0.2, 0) is 11.2 Å². The Morgan fingerprint density at radius 1 is 1.18 bits per heavy atom. The second-order valence-electron chi connectivity index (χ2n) is 7.66. The number of rotatable bonds is 5. The third kappa shape index (κ3) is 3.15. The first-order valence-corrected chi connectivity index (χ1v) is 10.3. The van der Waals surface area contributed by atoms with Crippen molar-refractivity contribution in [2.24, 2.45) is 0 Å². The lowest BCUT2D eigenvalue weighted by molar-refractivity contribution is -0.126. The molecule has 2 aliphatic heterocycles. The van der Waals surface area contributed by atoms with E-state index >= 15 is 0 Å². The molecule has 146 valence electrons. The van der Waals surface area contributed by atoms with Crippen molar-refractivity contribution < 1.29 is 14.3 Å². The van der Waals surface area contributed by atoms with E-state index in [-0.39, 0.29) is 21.9 Å². The molecule has 6 heteroatoms. The number of hydrogen-bond acceptors (Lipinski definition) is 4. The zero-order chi connectivity index (χ0) is 19.9. The van der Waals surface area contributed by atoms with Gasteiger partial charge in [0.1, 0.15) is 17.2 Å². The summed E-state index contributed by atoms with van der Waals surface area (Å²) in [6.45, 7) is 4.61. The number of amides is 2. The number of ether oxygens (including phenoxy) is 1. The molecular weight excluding hydrogens is 372 g/mol. The number of nitrogens with one attached hydrogen (secondary N) is 1. The first-order chi connectivity index (χ1) is 13.4. The van der Waals surface area contributed by atoms with Gasteiger partial charge in [0.25, 0.3) is 5.91 Å². The normalized spacial score (nSPS) is 22.0. The van der Waals surface area contributed by atoms with E-state index in [9.17, 15) is 9.59 Å². The Morgan fingerprint density at radius 3 is 2.61 bits per heavy atom. The van der Waals surface area contributed by atoms with Crippen LogP contribution in [0, 0.1) is 0 Å². The molecule has 1 fully saturated rings. The lowest BCUT2D eigenvalue weighted by Gasteiger charge is -2.29. The molecule has 2 amide bonds. The van der Waals surface area contributed by atoms with Crippen LogP contribution in [0.3, 0.4) is 0 Å². The molecule has 28 heavy (non-hydrogen) atoms. The fraction of sp³-hybridized carbons (Fsp3) is 0.364. The number of carbonyl (C=O) groups is 2. The minimum Gasteiger partial charge on any atom is -0.497 e. The average molecular weight is 397 g/mol. The largest absolute Gasteiger partial charge is 0.497 e. The molecule has 0 aromatic heterocycles. The van der Waals surface area contributed by atoms with Crippen LogP contribution in [0.15, 0.2) is 48.5 Å². The summed E-state index contributed by atoms with van der Waals surface area (Å²) in [7, 11) is 1.64. The van der Waals surface area contributed by atoms with Crippen molar-refractivity contribution in [1.82, 2.24) is 10.2 Å². The number of methoxy groups -OCH3 is 1. The van der Waals surface area contributed by atoms with Gasteiger partial charge in [0.05, 0.1) is 7.11 Å². The highest BCUT2D eigenvalue weighted by Gasteiger charge is 2.57. The van der Waals surface area contributed by atoms with Gasteiger partial charge in [0, 0.05) is 16.9 Å². The van der Waals surface area contributed by atoms with Crippen LogP contribution in [0.25, 0.3) is 0 Å². The van der Waals surface area contributed by atoms with Crippen molar-refractivity contribution in [3.05, 3.63) is 65.2 Å². The summed E-state index contributed by atoms with van der Waals surface area (Å²) in [5.74, 6) is 0.680. The summed E-state index contributed by atoms with van der Waals surface area (Å²) in [5.41, 5.74) is 2.86. The van der Waals surface area contributed by atoms with Gasteiger partial charge in [0.15, 0.2) is 0 Å². The molecule has 1 saturated heterocycles. The molecule has 2 unspecified atom stereocenters. The molecule has 2 atom stereocenters. The summed E-state index contributed by atoms with van der Waals surface area (Å²) in [6.07, 6.45) is 0.730. The van der Waals surface area contributed by atoms with Crippen molar-refractivity contribution in [1.29, 1.82) is 0 Å². The second-order valence-corrected chi connectivity index (χ2v) is 9.40. The van der Waals surface area contributed by atoms with E-state index in [0.717, 1.165) is 23.3 Å². The molecule has 0 spiro atoms. The third-order valence-electron chi connectivity index (χ3n) is 5.42. The predicted molar refractivity (Wildman–Crippen MR) is 111 cm³/mol. The average Bonchev–Trinajstić information content (AvgIpc) is 3.12. The number of fused-ring (bicyclic) bond motifs is 3. The second kappa shape index (κ2) is 7.17. The van der Waals surface area contributed by atoms with E-state index in [0.29, 0.717) is 12.1 Å². The summed E-state index contributed by atoms with van der Waals surface area (Å²) in [5, 5.41) is 2.95. The number of benzene rings is 2. The Bertz CT molecular complexity index is 910. The van der Waals surface area contributed by atoms with Crippen molar-refractivity contribution in [3.63, 3.8) is 0 Å². The molecule has 2 aromatic rings. The molecule has 4 rings (SSSR count). The highest BCUT2D eigenvalue weighted by molar-refractivity contribution is 8.01. The summed E-state index contributed by atoms with van der Waals surface area (Å²) in [4.78, 5) is 27.8. The van der Waals surface area contributed by atoms with E-state index in [1.165, 1.54) is 0 Å². The van der Waals surface area contributed by atoms with Gasteiger partial charge in [-0.05, 0) is 49.6 Å². The van der Waals surface area contributed by atoms with Crippen LogP contribution in [0.2, 0.25) is 0 Å². The standard InChI is InChI=1S/C22H24N2O3S/c1-22(2)18(19(25)23-13-12-14-8-10-15(27-3)11-9-14)24-20(26)16-6-4-5-7-17(16)21(24)28-22/h4-11,18,21H,12-13H2,1-3H3,(H,23,25). The molecular formula is C22H24N2O3S. The monoisotopic (exact) mass is 396 g/mol. The molecule has 0 radical (unpaired) electrons. The van der Waals surface area contributed by atoms with Crippen LogP contribution in [0.4, 0.5) is 0 Å². The van der Waals surface area contributed by atoms with Crippen LogP contribution in [-0.4, -0.2) is 41.2 Å². The van der Waals surface area contributed by atoms with Crippen molar-refractivity contribution >= 4 is 23.6 Å². The lowest BCUT2D eigenvalue weighted by Crippen LogP contribution is -2.52. The van der Waals surface area contributed by atoms with Gasteiger partial charge >= 0.3 is 0 Å². The Hall–Kier alpha value is -2.47. The number of thioether (sulfide) groups is 1. The first kappa shape index (κ1) is 18.9. The maximum Gasteiger partial charge on any atom is 0.256 e. The molecule has 2 heterocycles. The highest BCUT2D eigenvalue weighted by atomic mass is 32.2. The fourth-order valence-corrected chi connectivity index (χ4v) is 5.61. The van der Waals surface area contributed by atoms with E-state index in [1.54, 1.807) is 23.8 Å². The SMILES string of the molecule is COc1ccc(CCNC(=O)C2N3C(=O)c4ccccc4C3SC2(C)C)cc1. The Balaban J connectivity index is 1.45. The molecule has 5 nitrogen and oxygen atoms in total. The fourth-order valence-electron chi connectivity index (χ4n) is 4.02. The van der Waals surface area contributed by atoms with E-state index in [4.69, 9.17) is 4.74 Å². The van der Waals surface area contributed by atoms with Crippen molar-refractivity contribution in [3.8, 4) is 5.75 Å². The summed E-state index contributed by atoms with van der Waals surface area (Å²) < 4.78 is 4.82. The number of nitrogens with zero attached hydrogens (tertiary/aromatic N) is 1. The van der Waals surface area contributed by atoms with E-state index in [2.05, 4.69) is 5.32 Å². The van der Waals surface area contributed by atoms with Gasteiger partial charge in [-0.3, -0.25) is 9.59 Å². The van der Waals surface area contributed by atoms with E-state index in [1.807, 2.05) is 62.4 Å². The smallest absolute Gasteiger partial charge is 0.256 e. The Morgan fingerprint density at radius 2 is 1.89 bits per heavy atom. The minimum absolute atomic E-state index is 0.0472. The van der Waals surface area contributed by atoms with Crippen molar-refractivity contribution in [2.75, 3.05) is 13.7 Å². The molecule has 1 N–H and O–H groups in total. The molecule has 0 saturated carbocycles. The number of hydrogen-bond donors (Lipinski definition) is 1. The quantitative estimate of drug-likeness (QED) is 0.842. The van der Waals surface area contributed by atoms with Crippen LogP contribution in [0.5, 0.6) is 5.75 Å². The van der Waals surface area contributed by atoms with Crippen LogP contribution < -0.4 is 10.1 Å². The lowest BCUT2D eigenvalue weighted by atomic mass is 10.0. The molecule has 2 aliphatic rings. The van der Waals surface area contributed by atoms with Gasteiger partial charge < -0.3 is 15.0 Å². The predicted octanol–water partition coefficient (Wildman–Crippen LogP) is 3.40. The van der Waals surface area contributed by atoms with E-state index < -0.39 is 6.04 Å². The zero-order valence-corrected chi connectivity index (χ0v) is 17.1. The number of carbonyl (C=O) groups excluding carboxylic acids is 2. The maximum absolute atomic E-state index is 13.1. The Labute approximate surface area is 169 Å². The third-order valence-corrected chi connectivity index (χ3v) is 6.95. The van der Waals surface area contributed by atoms with Crippen LogP contribution >= 0.6 is 11.8 Å². The summed E-state index contributed by atoms with van der Waals surface area (Å²) >= 11 is 1.69. The van der Waals surface area contributed by atoms with Crippen molar-refractivity contribution in [2.45, 2.75) is 36.4 Å². The van der Waals surface area contributed by atoms with Gasteiger partial charge in [-0.15, -0.1) is 11.8 Å². The molecule has 0 aliphatic carbocycles. The summed E-state index contributed by atoms with van der Waals surface area (Å²) in [6, 6.07) is 15.0. The molecule has 2 aromatic carbocycles. The van der Waals surface area contributed by atoms with Crippen LogP contribution in [0.1, 0.15) is 40.7 Å². The minimum atomic E-state index is -0.488. The van der Waals surface area contributed by atoms with Gasteiger partial charge in [-0.2, -0.15) is 0 Å². The Kier molecular flexibility index (Phi) is 4.83. The van der Waals surface area contributed by atoms with Gasteiger partial charge in [-0.25, -0.2) is 0 Å².